The summed E-state index contributed by atoms with van der Waals surface area (Å²) >= 11 is 0. The summed E-state index contributed by atoms with van der Waals surface area (Å²) in [4.78, 5) is 41.9. The van der Waals surface area contributed by atoms with Gasteiger partial charge in [0.15, 0.2) is 17.4 Å². The normalized spacial score (nSPS) is 23.3. The third-order valence-electron chi connectivity index (χ3n) is 6.41. The number of aliphatic hydroxyl groups is 2. The molecule has 0 aliphatic carbocycles. The molecule has 19 heteroatoms. The van der Waals surface area contributed by atoms with E-state index in [1.54, 1.807) is 45.9 Å². The molecule has 1 aliphatic rings. The van der Waals surface area contributed by atoms with Crippen molar-refractivity contribution in [2.24, 2.45) is 0 Å². The van der Waals surface area contributed by atoms with E-state index in [-0.39, 0.29) is 35.3 Å². The van der Waals surface area contributed by atoms with E-state index in [2.05, 4.69) is 25.5 Å². The van der Waals surface area contributed by atoms with Crippen LogP contribution in [0.4, 0.5) is 10.7 Å². The van der Waals surface area contributed by atoms with Gasteiger partial charge in [-0.1, -0.05) is 18.2 Å². The molecule has 0 radical (unpaired) electrons. The van der Waals surface area contributed by atoms with Crippen molar-refractivity contribution in [1.29, 1.82) is 0 Å². The van der Waals surface area contributed by atoms with Crippen LogP contribution in [-0.2, 0) is 28.1 Å². The minimum absolute atomic E-state index is 0.0237. The van der Waals surface area contributed by atoms with E-state index in [1.165, 1.54) is 36.9 Å². The van der Waals surface area contributed by atoms with Gasteiger partial charge >= 0.3 is 19.8 Å². The first-order chi connectivity index (χ1) is 21.5. The van der Waals surface area contributed by atoms with Crippen LogP contribution in [0.3, 0.4) is 0 Å². The Labute approximate surface area is 264 Å². The number of ether oxygens (including phenoxy) is 3. The molecule has 1 aromatic carbocycles. The van der Waals surface area contributed by atoms with Crippen molar-refractivity contribution >= 4 is 36.9 Å². The number of aromatic nitrogens is 4. The van der Waals surface area contributed by atoms with Crippen LogP contribution < -0.4 is 25.7 Å². The van der Waals surface area contributed by atoms with Crippen LogP contribution in [-0.4, -0.2) is 84.5 Å². The molecule has 1 amide bonds. The predicted octanol–water partition coefficient (Wildman–Crippen LogP) is 1.98. The fourth-order valence-electron chi connectivity index (χ4n) is 4.35. The number of hydrogen-bond donors (Lipinski definition) is 5. The van der Waals surface area contributed by atoms with Gasteiger partial charge in [0.05, 0.1) is 19.5 Å². The molecule has 1 aliphatic heterocycles. The Hall–Kier alpha value is -4.06. The SMILES string of the molecule is CCOC(=O)[C@H](C)NP(=O)(OC[C@H]1O[C@@H](n2cnc3c(ONC(=O)OC(C)(C)C)nc(N)nc32)[C@](C)(O)[C@@H]1O)Oc1ccccc1. The number of para-hydroxylation sites is 1. The van der Waals surface area contributed by atoms with E-state index in [4.69, 9.17) is 33.8 Å². The maximum Gasteiger partial charge on any atom is 0.459 e. The van der Waals surface area contributed by atoms with Crippen LogP contribution in [0.15, 0.2) is 36.7 Å². The molecule has 0 spiro atoms. The zero-order valence-corrected chi connectivity index (χ0v) is 27.0. The van der Waals surface area contributed by atoms with Gasteiger partial charge in [0, 0.05) is 0 Å². The highest BCUT2D eigenvalue weighted by Crippen LogP contribution is 2.47. The van der Waals surface area contributed by atoms with Gasteiger partial charge in [0.2, 0.25) is 5.95 Å². The van der Waals surface area contributed by atoms with Crippen LogP contribution >= 0.6 is 7.75 Å². The molecule has 2 aromatic heterocycles. The molecular weight excluding hydrogens is 629 g/mol. The minimum Gasteiger partial charge on any atom is -0.465 e. The molecule has 46 heavy (non-hydrogen) atoms. The lowest BCUT2D eigenvalue weighted by Gasteiger charge is -2.27. The second-order valence-corrected chi connectivity index (χ2v) is 13.1. The third-order valence-corrected chi connectivity index (χ3v) is 8.06. The van der Waals surface area contributed by atoms with Crippen molar-refractivity contribution in [2.45, 2.75) is 77.2 Å². The highest BCUT2D eigenvalue weighted by molar-refractivity contribution is 7.52. The largest absolute Gasteiger partial charge is 0.465 e. The lowest BCUT2D eigenvalue weighted by Crippen LogP contribution is -2.44. The fourth-order valence-corrected chi connectivity index (χ4v) is 5.86. The van der Waals surface area contributed by atoms with E-state index < -0.39 is 62.1 Å². The van der Waals surface area contributed by atoms with Crippen LogP contribution in [0.2, 0.25) is 0 Å². The zero-order chi connectivity index (χ0) is 33.9. The highest BCUT2D eigenvalue weighted by atomic mass is 31.2. The molecule has 1 unspecified atom stereocenters. The van der Waals surface area contributed by atoms with Gasteiger partial charge in [-0.3, -0.25) is 13.9 Å². The summed E-state index contributed by atoms with van der Waals surface area (Å²) in [5.41, 5.74) is 5.24. The van der Waals surface area contributed by atoms with Gasteiger partial charge in [-0.15, -0.1) is 0 Å². The summed E-state index contributed by atoms with van der Waals surface area (Å²) in [5, 5.41) is 25.0. The van der Waals surface area contributed by atoms with Crippen molar-refractivity contribution in [2.75, 3.05) is 18.9 Å². The highest BCUT2D eigenvalue weighted by Gasteiger charge is 2.54. The first kappa shape index (κ1) is 34.8. The van der Waals surface area contributed by atoms with E-state index in [0.29, 0.717) is 0 Å². The van der Waals surface area contributed by atoms with Crippen LogP contribution in [0, 0.1) is 0 Å². The standard InChI is InChI=1S/C27H38N7O11P/c1-7-40-22(36)15(2)33-46(39,45-16-11-9-8-10-12-16)41-13-17-19(35)27(6,38)23(42-17)34-14-29-18-20(34)30-24(28)31-21(18)44-32-25(37)43-26(3,4)5/h8-12,14-15,17,19,23,35,38H,7,13H2,1-6H3,(H,32,37)(H,33,39)(H2,28,30,31)/t15-,17+,19+,23+,27+,46?/m0/s1. The number of benzene rings is 1. The number of esters is 1. The van der Waals surface area contributed by atoms with Crippen LogP contribution in [0.5, 0.6) is 11.6 Å². The topological polar surface area (TPSA) is 241 Å². The van der Waals surface area contributed by atoms with Crippen molar-refractivity contribution in [3.05, 3.63) is 36.7 Å². The maximum absolute atomic E-state index is 13.8. The Morgan fingerprint density at radius 2 is 1.93 bits per heavy atom. The number of carbonyl (C=O) groups is 2. The molecule has 252 valence electrons. The Kier molecular flexibility index (Phi) is 10.4. The molecule has 1 saturated heterocycles. The Bertz CT molecular complexity index is 1580. The number of nitrogens with two attached hydrogens (primary N) is 1. The Balaban J connectivity index is 1.54. The van der Waals surface area contributed by atoms with E-state index >= 15 is 0 Å². The van der Waals surface area contributed by atoms with Crippen LogP contribution in [0.25, 0.3) is 11.2 Å². The fraction of sp³-hybridized carbons (Fsp3) is 0.519. The molecule has 1 fully saturated rings. The number of hydrogen-bond acceptors (Lipinski definition) is 15. The molecular formula is C27H38N7O11P. The van der Waals surface area contributed by atoms with Gasteiger partial charge in [0.1, 0.15) is 35.2 Å². The van der Waals surface area contributed by atoms with E-state index in [1.807, 2.05) is 0 Å². The smallest absolute Gasteiger partial charge is 0.459 e. The average Bonchev–Trinajstić information content (AvgIpc) is 3.47. The molecule has 6 atom stereocenters. The quantitative estimate of drug-likeness (QED) is 0.105. The zero-order valence-electron chi connectivity index (χ0n) is 26.1. The average molecular weight is 668 g/mol. The second kappa shape index (κ2) is 13.7. The van der Waals surface area contributed by atoms with Gasteiger partial charge < -0.3 is 39.5 Å². The predicted molar refractivity (Wildman–Crippen MR) is 160 cm³/mol. The lowest BCUT2D eigenvalue weighted by molar-refractivity contribution is -0.144. The van der Waals surface area contributed by atoms with Gasteiger partial charge in [0.25, 0.3) is 5.88 Å². The Morgan fingerprint density at radius 1 is 1.24 bits per heavy atom. The first-order valence-electron chi connectivity index (χ1n) is 14.2. The first-order valence-corrected chi connectivity index (χ1v) is 15.7. The van der Waals surface area contributed by atoms with Crippen molar-refractivity contribution in [3.8, 4) is 11.6 Å². The summed E-state index contributed by atoms with van der Waals surface area (Å²) in [6.45, 7) is 8.91. The number of amides is 1. The summed E-state index contributed by atoms with van der Waals surface area (Å²) in [7, 11) is -4.30. The monoisotopic (exact) mass is 667 g/mol. The lowest BCUT2D eigenvalue weighted by atomic mass is 9.96. The number of nitrogens with one attached hydrogen (secondary N) is 2. The molecule has 3 heterocycles. The van der Waals surface area contributed by atoms with Gasteiger partial charge in [-0.2, -0.15) is 20.5 Å². The number of imidazole rings is 1. The summed E-state index contributed by atoms with van der Waals surface area (Å²) < 4.78 is 42.4. The molecule has 0 saturated carbocycles. The number of rotatable bonds is 12. The molecule has 6 N–H and O–H groups in total. The van der Waals surface area contributed by atoms with Crippen molar-refractivity contribution < 1.29 is 52.5 Å². The van der Waals surface area contributed by atoms with Crippen LogP contribution in [0.1, 0.15) is 47.8 Å². The molecule has 0 bridgehead atoms. The number of anilines is 1. The summed E-state index contributed by atoms with van der Waals surface area (Å²) in [5.74, 6) is -1.02. The molecule has 4 rings (SSSR count). The van der Waals surface area contributed by atoms with Gasteiger partial charge in [-0.25, -0.2) is 14.3 Å². The minimum atomic E-state index is -4.30. The second-order valence-electron chi connectivity index (χ2n) is 11.4. The van der Waals surface area contributed by atoms with Crippen molar-refractivity contribution in [1.82, 2.24) is 30.1 Å². The summed E-state index contributed by atoms with van der Waals surface area (Å²) in [6, 6.07) is 7.00. The van der Waals surface area contributed by atoms with E-state index in [0.717, 1.165) is 0 Å². The maximum atomic E-state index is 13.8. The van der Waals surface area contributed by atoms with E-state index in [9.17, 15) is 24.4 Å². The van der Waals surface area contributed by atoms with Crippen molar-refractivity contribution in [3.63, 3.8) is 0 Å². The number of aliphatic hydroxyl groups excluding tert-OH is 1. The number of nitrogens with zero attached hydrogens (tertiary/aromatic N) is 4. The number of fused-ring (bicyclic) bond motifs is 1. The third kappa shape index (κ3) is 8.20. The Morgan fingerprint density at radius 3 is 2.59 bits per heavy atom. The number of hydroxylamine groups is 1. The summed E-state index contributed by atoms with van der Waals surface area (Å²) in [6.07, 6.45) is -3.85. The molecule has 3 aromatic rings. The van der Waals surface area contributed by atoms with Gasteiger partial charge in [-0.05, 0) is 53.7 Å². The number of nitrogen functional groups attached to an aromatic ring is 1. The molecule has 18 nitrogen and oxygen atoms in total. The number of carbonyl (C=O) groups excluding carboxylic acids is 2.